The summed E-state index contributed by atoms with van der Waals surface area (Å²) in [5.74, 6) is -0.663. The summed E-state index contributed by atoms with van der Waals surface area (Å²) in [7, 11) is 0. The molecule has 0 saturated carbocycles. The molecular weight excluding hydrogens is 334 g/mol. The Labute approximate surface area is 141 Å². The van der Waals surface area contributed by atoms with Crippen molar-refractivity contribution in [2.45, 2.75) is 19.6 Å². The molecule has 2 N–H and O–H groups in total. The molecule has 8 heteroatoms. The van der Waals surface area contributed by atoms with Crippen molar-refractivity contribution in [3.05, 3.63) is 48.0 Å². The lowest BCUT2D eigenvalue weighted by Gasteiger charge is -2.23. The predicted octanol–water partition coefficient (Wildman–Crippen LogP) is 3.26. The Morgan fingerprint density at radius 1 is 1.28 bits per heavy atom. The molecule has 0 saturated heterocycles. The molecule has 0 radical (unpaired) electrons. The second-order valence-corrected chi connectivity index (χ2v) is 5.29. The van der Waals surface area contributed by atoms with Gasteiger partial charge in [0.1, 0.15) is 11.5 Å². The average Bonchev–Trinajstić information content (AvgIpc) is 2.56. The molecule has 1 unspecified atom stereocenters. The molecule has 0 aliphatic carbocycles. The first kappa shape index (κ1) is 16.7. The van der Waals surface area contributed by atoms with Crippen molar-refractivity contribution in [2.75, 3.05) is 10.6 Å². The van der Waals surface area contributed by atoms with Crippen LogP contribution in [-0.4, -0.2) is 24.5 Å². The Morgan fingerprint density at radius 2 is 2.04 bits per heavy atom. The molecule has 1 aliphatic heterocycles. The van der Waals surface area contributed by atoms with E-state index in [9.17, 15) is 18.4 Å². The highest BCUT2D eigenvalue weighted by Crippen LogP contribution is 2.32. The van der Waals surface area contributed by atoms with Crippen LogP contribution in [0.4, 0.5) is 20.2 Å². The lowest BCUT2D eigenvalue weighted by molar-refractivity contribution is -0.122. The van der Waals surface area contributed by atoms with Gasteiger partial charge in [-0.05, 0) is 37.3 Å². The summed E-state index contributed by atoms with van der Waals surface area (Å²) in [5, 5.41) is 5.24. The molecular formula is C17H14F2N2O4. The van der Waals surface area contributed by atoms with E-state index in [4.69, 9.17) is 4.74 Å². The van der Waals surface area contributed by atoms with Gasteiger partial charge in [-0.1, -0.05) is 12.1 Å². The molecule has 0 spiro atoms. The van der Waals surface area contributed by atoms with Gasteiger partial charge in [0.05, 0.1) is 11.3 Å². The highest BCUT2D eigenvalue weighted by atomic mass is 19.3. The zero-order chi connectivity index (χ0) is 18.0. The van der Waals surface area contributed by atoms with E-state index >= 15 is 0 Å². The number of anilines is 2. The van der Waals surface area contributed by atoms with Gasteiger partial charge >= 0.3 is 6.61 Å². The number of hydrogen-bond acceptors (Lipinski definition) is 4. The van der Waals surface area contributed by atoms with Crippen LogP contribution in [-0.2, 0) is 4.79 Å². The zero-order valence-electron chi connectivity index (χ0n) is 13.1. The monoisotopic (exact) mass is 348 g/mol. The van der Waals surface area contributed by atoms with Gasteiger partial charge in [-0.15, -0.1) is 0 Å². The minimum atomic E-state index is -3.04. The van der Waals surface area contributed by atoms with Gasteiger partial charge in [0.2, 0.25) is 0 Å². The lowest BCUT2D eigenvalue weighted by Crippen LogP contribution is -2.34. The average molecular weight is 348 g/mol. The number of hydrogen-bond donors (Lipinski definition) is 2. The third-order valence-electron chi connectivity index (χ3n) is 3.52. The van der Waals surface area contributed by atoms with E-state index in [1.54, 1.807) is 19.1 Å². The first-order valence-corrected chi connectivity index (χ1v) is 7.41. The summed E-state index contributed by atoms with van der Waals surface area (Å²) < 4.78 is 34.7. The Balaban J connectivity index is 1.81. The van der Waals surface area contributed by atoms with Crippen LogP contribution in [0.5, 0.6) is 11.5 Å². The summed E-state index contributed by atoms with van der Waals surface area (Å²) in [6, 6.07) is 10.4. The fraction of sp³-hybridized carbons (Fsp3) is 0.176. The molecule has 3 rings (SSSR count). The molecule has 2 aromatic rings. The molecule has 0 aromatic heterocycles. The molecule has 6 nitrogen and oxygen atoms in total. The highest BCUT2D eigenvalue weighted by molar-refractivity contribution is 6.07. The van der Waals surface area contributed by atoms with Gasteiger partial charge in [0.15, 0.2) is 6.10 Å². The van der Waals surface area contributed by atoms with E-state index in [0.717, 1.165) is 0 Å². The smallest absolute Gasteiger partial charge is 0.387 e. The van der Waals surface area contributed by atoms with Gasteiger partial charge in [-0.2, -0.15) is 8.78 Å². The minimum Gasteiger partial charge on any atom is -0.479 e. The molecule has 0 fully saturated rings. The van der Waals surface area contributed by atoms with Gasteiger partial charge in [-0.25, -0.2) is 0 Å². The number of benzene rings is 2. The first-order chi connectivity index (χ1) is 11.9. The van der Waals surface area contributed by atoms with Crippen LogP contribution in [0, 0.1) is 0 Å². The lowest BCUT2D eigenvalue weighted by atomic mass is 10.1. The molecule has 2 amide bonds. The maximum Gasteiger partial charge on any atom is 0.387 e. The number of halogens is 2. The van der Waals surface area contributed by atoms with Crippen LogP contribution < -0.4 is 20.1 Å². The van der Waals surface area contributed by atoms with Gasteiger partial charge in [0, 0.05) is 5.69 Å². The fourth-order valence-electron chi connectivity index (χ4n) is 2.34. The molecule has 130 valence electrons. The number of fused-ring (bicyclic) bond motifs is 1. The van der Waals surface area contributed by atoms with Crippen LogP contribution in [0.2, 0.25) is 0 Å². The number of nitrogens with one attached hydrogen (secondary N) is 2. The van der Waals surface area contributed by atoms with Crippen LogP contribution in [0.3, 0.4) is 0 Å². The summed E-state index contributed by atoms with van der Waals surface area (Å²) >= 11 is 0. The number of amides is 2. The van der Waals surface area contributed by atoms with E-state index in [2.05, 4.69) is 15.4 Å². The third-order valence-corrected chi connectivity index (χ3v) is 3.52. The molecule has 1 atom stereocenters. The molecule has 1 heterocycles. The van der Waals surface area contributed by atoms with Gasteiger partial charge in [-0.3, -0.25) is 9.59 Å². The summed E-state index contributed by atoms with van der Waals surface area (Å²) in [4.78, 5) is 24.0. The maximum absolute atomic E-state index is 12.4. The van der Waals surface area contributed by atoms with E-state index in [1.165, 1.54) is 30.3 Å². The zero-order valence-corrected chi connectivity index (χ0v) is 13.1. The normalized spacial score (nSPS) is 15.8. The Hall–Kier alpha value is -3.16. The number of carbonyl (C=O) groups excluding carboxylic acids is 2. The second kappa shape index (κ2) is 6.76. The predicted molar refractivity (Wildman–Crippen MR) is 86.2 cm³/mol. The summed E-state index contributed by atoms with van der Waals surface area (Å²) in [6.07, 6.45) is -0.605. The van der Waals surface area contributed by atoms with Crippen molar-refractivity contribution >= 4 is 23.2 Å². The number of para-hydroxylation sites is 1. The minimum absolute atomic E-state index is 0.0329. The molecule has 2 aromatic carbocycles. The number of carbonyl (C=O) groups is 2. The Kier molecular flexibility index (Phi) is 4.51. The third kappa shape index (κ3) is 3.68. The quantitative estimate of drug-likeness (QED) is 0.889. The van der Waals surface area contributed by atoms with Crippen LogP contribution in [0.25, 0.3) is 0 Å². The van der Waals surface area contributed by atoms with Gasteiger partial charge < -0.3 is 20.1 Å². The van der Waals surface area contributed by atoms with Crippen molar-refractivity contribution in [2.24, 2.45) is 0 Å². The van der Waals surface area contributed by atoms with Crippen molar-refractivity contribution in [3.8, 4) is 11.5 Å². The van der Waals surface area contributed by atoms with E-state index in [0.29, 0.717) is 17.1 Å². The number of ether oxygens (including phenoxy) is 2. The van der Waals surface area contributed by atoms with Crippen molar-refractivity contribution in [3.63, 3.8) is 0 Å². The largest absolute Gasteiger partial charge is 0.479 e. The molecule has 1 aliphatic rings. The van der Waals surface area contributed by atoms with Crippen molar-refractivity contribution in [1.82, 2.24) is 0 Å². The molecule has 0 bridgehead atoms. The van der Waals surface area contributed by atoms with Crippen LogP contribution >= 0.6 is 0 Å². The maximum atomic E-state index is 12.4. The Morgan fingerprint density at radius 3 is 2.80 bits per heavy atom. The van der Waals surface area contributed by atoms with Crippen LogP contribution in [0.1, 0.15) is 17.3 Å². The van der Waals surface area contributed by atoms with Crippen molar-refractivity contribution < 1.29 is 27.8 Å². The summed E-state index contributed by atoms with van der Waals surface area (Å²) in [5.41, 5.74) is 0.751. The fourth-order valence-corrected chi connectivity index (χ4v) is 2.34. The van der Waals surface area contributed by atoms with Crippen LogP contribution in [0.15, 0.2) is 42.5 Å². The first-order valence-electron chi connectivity index (χ1n) is 7.41. The van der Waals surface area contributed by atoms with E-state index < -0.39 is 18.6 Å². The highest BCUT2D eigenvalue weighted by Gasteiger charge is 2.24. The van der Waals surface area contributed by atoms with Crippen molar-refractivity contribution in [1.29, 1.82) is 0 Å². The van der Waals surface area contributed by atoms with E-state index in [1.807, 2.05) is 0 Å². The topological polar surface area (TPSA) is 76.7 Å². The standard InChI is InChI=1S/C17H14F2N2O4/c1-9-15(22)21-12-8-10(6-7-14(12)24-9)20-16(23)11-4-2-3-5-13(11)25-17(18)19/h2-9,17H,1H3,(H,20,23)(H,21,22). The molecule has 25 heavy (non-hydrogen) atoms. The van der Waals surface area contributed by atoms with Gasteiger partial charge in [0.25, 0.3) is 11.8 Å². The second-order valence-electron chi connectivity index (χ2n) is 5.29. The SMILES string of the molecule is CC1Oc2ccc(NC(=O)c3ccccc3OC(F)F)cc2NC1=O. The Bertz CT molecular complexity index is 826. The number of rotatable bonds is 4. The summed E-state index contributed by atoms with van der Waals surface area (Å²) in [6.45, 7) is -1.42. The van der Waals surface area contributed by atoms with E-state index in [-0.39, 0.29) is 17.2 Å². The number of alkyl halides is 2.